The summed E-state index contributed by atoms with van der Waals surface area (Å²) in [6.07, 6.45) is -0.575. The highest BCUT2D eigenvalue weighted by Crippen LogP contribution is 2.31. The molecule has 0 saturated heterocycles. The second-order valence-corrected chi connectivity index (χ2v) is 5.18. The number of rotatable bonds is 2. The predicted octanol–water partition coefficient (Wildman–Crippen LogP) is 3.27. The van der Waals surface area contributed by atoms with Crippen LogP contribution in [-0.4, -0.2) is 16.8 Å². The van der Waals surface area contributed by atoms with Gasteiger partial charge in [0.15, 0.2) is 5.76 Å². The average molecular weight is 263 g/mol. The van der Waals surface area contributed by atoms with Crippen LogP contribution in [0.2, 0.25) is 0 Å². The van der Waals surface area contributed by atoms with Crippen LogP contribution >= 0.6 is 0 Å². The highest BCUT2D eigenvalue weighted by molar-refractivity contribution is 5.99. The lowest BCUT2D eigenvalue weighted by Crippen LogP contribution is -2.27. The fourth-order valence-corrected chi connectivity index (χ4v) is 1.75. The van der Waals surface area contributed by atoms with E-state index in [0.717, 1.165) is 5.39 Å². The number of benzene rings is 1. The number of aliphatic hydroxyl groups excluding tert-OH is 1. The van der Waals surface area contributed by atoms with Gasteiger partial charge in [0.1, 0.15) is 17.8 Å². The molecule has 1 aromatic carbocycles. The summed E-state index contributed by atoms with van der Waals surface area (Å²) in [5, 5.41) is 12.6. The van der Waals surface area contributed by atoms with Gasteiger partial charge in [-0.05, 0) is 32.9 Å². The summed E-state index contributed by atoms with van der Waals surface area (Å²) in [4.78, 5) is 11.8. The summed E-state index contributed by atoms with van der Waals surface area (Å²) >= 11 is 0. The third kappa shape index (κ3) is 3.06. The number of para-hydroxylation sites is 1. The number of ether oxygens (including phenoxy) is 1. The summed E-state index contributed by atoms with van der Waals surface area (Å²) in [6, 6.07) is 7.24. The Morgan fingerprint density at radius 2 is 2.05 bits per heavy atom. The largest absolute Gasteiger partial charge is 0.456 e. The number of anilines is 1. The summed E-state index contributed by atoms with van der Waals surface area (Å²) in [6.45, 7) is 5.06. The zero-order valence-corrected chi connectivity index (χ0v) is 11.2. The van der Waals surface area contributed by atoms with Gasteiger partial charge in [-0.2, -0.15) is 0 Å². The molecule has 0 fully saturated rings. The number of furan rings is 1. The lowest BCUT2D eigenvalue weighted by atomic mass is 10.2. The molecule has 0 bridgehead atoms. The van der Waals surface area contributed by atoms with Gasteiger partial charge >= 0.3 is 6.09 Å². The topological polar surface area (TPSA) is 71.7 Å². The van der Waals surface area contributed by atoms with Crippen LogP contribution in [0.1, 0.15) is 26.5 Å². The molecule has 2 aromatic rings. The van der Waals surface area contributed by atoms with Gasteiger partial charge in [-0.25, -0.2) is 4.79 Å². The van der Waals surface area contributed by atoms with Gasteiger partial charge in [0.2, 0.25) is 0 Å². The predicted molar refractivity (Wildman–Crippen MR) is 72.0 cm³/mol. The molecule has 19 heavy (non-hydrogen) atoms. The van der Waals surface area contributed by atoms with E-state index in [9.17, 15) is 9.90 Å². The average Bonchev–Trinajstić information content (AvgIpc) is 2.65. The smallest absolute Gasteiger partial charge is 0.412 e. The molecule has 1 aromatic heterocycles. The third-order valence-corrected chi connectivity index (χ3v) is 2.44. The molecule has 5 heteroatoms. The zero-order valence-electron chi connectivity index (χ0n) is 11.2. The summed E-state index contributed by atoms with van der Waals surface area (Å²) in [5.74, 6) is 0.312. The van der Waals surface area contributed by atoms with Gasteiger partial charge in [0.25, 0.3) is 0 Å². The minimum atomic E-state index is -0.580. The van der Waals surface area contributed by atoms with Gasteiger partial charge in [-0.3, -0.25) is 5.32 Å². The van der Waals surface area contributed by atoms with E-state index in [-0.39, 0.29) is 6.61 Å². The molecule has 102 valence electrons. The molecule has 0 spiro atoms. The molecule has 1 heterocycles. The molecular formula is C14H17NO4. The Labute approximate surface area is 111 Å². The van der Waals surface area contributed by atoms with Gasteiger partial charge in [-0.1, -0.05) is 12.1 Å². The van der Waals surface area contributed by atoms with Crippen LogP contribution in [0.4, 0.5) is 10.5 Å². The summed E-state index contributed by atoms with van der Waals surface area (Å²) in [7, 11) is 0. The maximum atomic E-state index is 11.8. The van der Waals surface area contributed by atoms with Gasteiger partial charge < -0.3 is 14.3 Å². The Kier molecular flexibility index (Phi) is 3.48. The van der Waals surface area contributed by atoms with Crippen molar-refractivity contribution in [3.63, 3.8) is 0 Å². The minimum Gasteiger partial charge on any atom is -0.456 e. The van der Waals surface area contributed by atoms with E-state index in [2.05, 4.69) is 5.32 Å². The lowest BCUT2D eigenvalue weighted by molar-refractivity contribution is 0.0635. The molecule has 0 aliphatic heterocycles. The van der Waals surface area contributed by atoms with Gasteiger partial charge in [0, 0.05) is 5.39 Å². The number of hydrogen-bond donors (Lipinski definition) is 2. The fraction of sp³-hybridized carbons (Fsp3) is 0.357. The van der Waals surface area contributed by atoms with Crippen LogP contribution in [0.15, 0.2) is 28.7 Å². The second-order valence-electron chi connectivity index (χ2n) is 5.18. The Morgan fingerprint density at radius 3 is 2.68 bits per heavy atom. The first kappa shape index (κ1) is 13.4. The Morgan fingerprint density at radius 1 is 1.37 bits per heavy atom. The molecule has 0 unspecified atom stereocenters. The molecule has 0 aliphatic rings. The Balaban J connectivity index is 2.31. The highest BCUT2D eigenvalue weighted by atomic mass is 16.6. The van der Waals surface area contributed by atoms with Crippen molar-refractivity contribution in [2.45, 2.75) is 33.0 Å². The summed E-state index contributed by atoms with van der Waals surface area (Å²) < 4.78 is 10.6. The monoisotopic (exact) mass is 263 g/mol. The molecule has 0 saturated carbocycles. The van der Waals surface area contributed by atoms with Crippen LogP contribution in [0.3, 0.4) is 0 Å². The molecule has 0 radical (unpaired) electrons. The quantitative estimate of drug-likeness (QED) is 0.872. The lowest BCUT2D eigenvalue weighted by Gasteiger charge is -2.19. The molecule has 0 atom stereocenters. The first-order chi connectivity index (χ1) is 8.90. The maximum Gasteiger partial charge on any atom is 0.412 e. The number of hydrogen-bond acceptors (Lipinski definition) is 4. The first-order valence-corrected chi connectivity index (χ1v) is 6.02. The van der Waals surface area contributed by atoms with Crippen molar-refractivity contribution in [1.29, 1.82) is 0 Å². The van der Waals surface area contributed by atoms with Crippen LogP contribution in [0.25, 0.3) is 11.0 Å². The third-order valence-electron chi connectivity index (χ3n) is 2.44. The molecule has 5 nitrogen and oxygen atoms in total. The molecule has 1 amide bonds. The van der Waals surface area contributed by atoms with E-state index >= 15 is 0 Å². The van der Waals surface area contributed by atoms with E-state index in [0.29, 0.717) is 17.0 Å². The van der Waals surface area contributed by atoms with Crippen LogP contribution < -0.4 is 5.32 Å². The first-order valence-electron chi connectivity index (χ1n) is 6.02. The van der Waals surface area contributed by atoms with Crippen molar-refractivity contribution in [2.75, 3.05) is 5.32 Å². The van der Waals surface area contributed by atoms with E-state index in [1.165, 1.54) is 0 Å². The molecular weight excluding hydrogens is 246 g/mol. The molecule has 2 N–H and O–H groups in total. The normalized spacial score (nSPS) is 11.6. The van der Waals surface area contributed by atoms with Crippen molar-refractivity contribution < 1.29 is 19.1 Å². The van der Waals surface area contributed by atoms with Crippen molar-refractivity contribution >= 4 is 22.7 Å². The number of fused-ring (bicyclic) bond motifs is 1. The highest BCUT2D eigenvalue weighted by Gasteiger charge is 2.20. The van der Waals surface area contributed by atoms with E-state index in [4.69, 9.17) is 9.15 Å². The SMILES string of the molecule is CC(C)(C)OC(=O)Nc1c(CO)oc2ccccc12. The Hall–Kier alpha value is -2.01. The molecule has 2 rings (SSSR count). The van der Waals surface area contributed by atoms with E-state index < -0.39 is 11.7 Å². The van der Waals surface area contributed by atoms with Crippen LogP contribution in [0.5, 0.6) is 0 Å². The van der Waals surface area contributed by atoms with Crippen molar-refractivity contribution in [3.05, 3.63) is 30.0 Å². The fourth-order valence-electron chi connectivity index (χ4n) is 1.75. The van der Waals surface area contributed by atoms with E-state index in [1.54, 1.807) is 26.8 Å². The zero-order chi connectivity index (χ0) is 14.0. The number of nitrogens with one attached hydrogen (secondary N) is 1. The number of amides is 1. The van der Waals surface area contributed by atoms with Crippen molar-refractivity contribution in [2.24, 2.45) is 0 Å². The Bertz CT molecular complexity index is 595. The minimum absolute atomic E-state index is 0.292. The summed E-state index contributed by atoms with van der Waals surface area (Å²) in [5.41, 5.74) is 0.480. The number of aliphatic hydroxyl groups is 1. The second kappa shape index (κ2) is 4.93. The van der Waals surface area contributed by atoms with Crippen LogP contribution in [0, 0.1) is 0 Å². The number of carbonyl (C=O) groups excluding carboxylic acids is 1. The number of carbonyl (C=O) groups is 1. The van der Waals surface area contributed by atoms with Crippen molar-refractivity contribution in [1.82, 2.24) is 0 Å². The van der Waals surface area contributed by atoms with Gasteiger partial charge in [0.05, 0.1) is 5.69 Å². The van der Waals surface area contributed by atoms with Gasteiger partial charge in [-0.15, -0.1) is 0 Å². The molecule has 0 aliphatic carbocycles. The van der Waals surface area contributed by atoms with E-state index in [1.807, 2.05) is 18.2 Å². The van der Waals surface area contributed by atoms with Crippen molar-refractivity contribution in [3.8, 4) is 0 Å². The standard InChI is InChI=1S/C14H17NO4/c1-14(2,3)19-13(17)15-12-9-6-4-5-7-10(9)18-11(12)8-16/h4-7,16H,8H2,1-3H3,(H,15,17). The van der Waals surface area contributed by atoms with Crippen LogP contribution in [-0.2, 0) is 11.3 Å². The maximum absolute atomic E-state index is 11.8.